The predicted molar refractivity (Wildman–Crippen MR) is 80.8 cm³/mol. The lowest BCUT2D eigenvalue weighted by Gasteiger charge is -2.24. The van der Waals surface area contributed by atoms with Crippen molar-refractivity contribution < 1.29 is 9.59 Å². The summed E-state index contributed by atoms with van der Waals surface area (Å²) in [6, 6.07) is 7.93. The molecule has 1 atom stereocenters. The molecule has 0 radical (unpaired) electrons. The molecule has 1 aliphatic heterocycles. The van der Waals surface area contributed by atoms with Crippen LogP contribution in [0.25, 0.3) is 10.9 Å². The Balaban J connectivity index is 1.61. The van der Waals surface area contributed by atoms with E-state index in [1.165, 1.54) is 0 Å². The summed E-state index contributed by atoms with van der Waals surface area (Å²) in [5, 5.41) is 6.91. The summed E-state index contributed by atoms with van der Waals surface area (Å²) in [5.74, 6) is 0.0329. The van der Waals surface area contributed by atoms with Gasteiger partial charge < -0.3 is 15.6 Å². The highest BCUT2D eigenvalue weighted by Gasteiger charge is 2.33. The molecule has 0 bridgehead atoms. The van der Waals surface area contributed by atoms with Crippen LogP contribution in [0.4, 0.5) is 0 Å². The minimum Gasteiger partial charge on any atom is -0.361 e. The third-order valence-corrected chi connectivity index (χ3v) is 4.05. The Hall–Kier alpha value is -2.30. The maximum atomic E-state index is 12.1. The predicted octanol–water partition coefficient (Wildman–Crippen LogP) is 1.50. The zero-order valence-electron chi connectivity index (χ0n) is 12.0. The lowest BCUT2D eigenvalue weighted by Crippen LogP contribution is -2.48. The maximum Gasteiger partial charge on any atom is 0.224 e. The van der Waals surface area contributed by atoms with E-state index in [1.807, 2.05) is 37.4 Å². The second kappa shape index (κ2) is 5.24. The number of fused-ring (bicyclic) bond motifs is 1. The van der Waals surface area contributed by atoms with Crippen LogP contribution in [0.15, 0.2) is 30.5 Å². The number of carbonyl (C=O) groups excluding carboxylic acids is 2. The van der Waals surface area contributed by atoms with Crippen molar-refractivity contribution in [3.05, 3.63) is 36.0 Å². The topological polar surface area (TPSA) is 74.0 Å². The molecular formula is C16H19N3O2. The number of benzene rings is 1. The van der Waals surface area contributed by atoms with Crippen LogP contribution in [0.1, 0.15) is 25.3 Å². The fraction of sp³-hybridized carbons (Fsp3) is 0.375. The van der Waals surface area contributed by atoms with Crippen LogP contribution in [0.2, 0.25) is 0 Å². The number of hydrogen-bond acceptors (Lipinski definition) is 2. The fourth-order valence-corrected chi connectivity index (χ4v) is 2.79. The molecule has 2 heterocycles. The lowest BCUT2D eigenvalue weighted by atomic mass is 10.0. The summed E-state index contributed by atoms with van der Waals surface area (Å²) in [7, 11) is 0. The van der Waals surface area contributed by atoms with Crippen LogP contribution in [0.3, 0.4) is 0 Å². The van der Waals surface area contributed by atoms with E-state index in [0.717, 1.165) is 22.9 Å². The number of aromatic nitrogens is 1. The van der Waals surface area contributed by atoms with Crippen molar-refractivity contribution in [2.75, 3.05) is 6.54 Å². The normalized spacial score (nSPS) is 21.5. The van der Waals surface area contributed by atoms with Gasteiger partial charge in [0.25, 0.3) is 0 Å². The Labute approximate surface area is 123 Å². The highest BCUT2D eigenvalue weighted by Crippen LogP contribution is 2.19. The van der Waals surface area contributed by atoms with E-state index in [0.29, 0.717) is 19.4 Å². The molecule has 1 aromatic heterocycles. The van der Waals surface area contributed by atoms with E-state index >= 15 is 0 Å². The van der Waals surface area contributed by atoms with Gasteiger partial charge in [0, 0.05) is 30.1 Å². The minimum absolute atomic E-state index is 0.0258. The second-order valence-corrected chi connectivity index (χ2v) is 5.92. The molecular weight excluding hydrogens is 266 g/mol. The minimum atomic E-state index is -0.313. The summed E-state index contributed by atoms with van der Waals surface area (Å²) >= 11 is 0. The van der Waals surface area contributed by atoms with Crippen LogP contribution in [-0.2, 0) is 16.0 Å². The second-order valence-electron chi connectivity index (χ2n) is 5.92. The van der Waals surface area contributed by atoms with Crippen molar-refractivity contribution in [2.45, 2.75) is 31.7 Å². The van der Waals surface area contributed by atoms with Crippen LogP contribution in [-0.4, -0.2) is 28.9 Å². The van der Waals surface area contributed by atoms with Gasteiger partial charge in [-0.3, -0.25) is 9.59 Å². The molecule has 3 rings (SSSR count). The van der Waals surface area contributed by atoms with Crippen molar-refractivity contribution >= 4 is 22.7 Å². The van der Waals surface area contributed by atoms with Crippen LogP contribution in [0, 0.1) is 0 Å². The maximum absolute atomic E-state index is 12.1. The molecule has 1 unspecified atom stereocenters. The number of nitrogens with one attached hydrogen (secondary N) is 3. The first-order valence-corrected chi connectivity index (χ1v) is 7.18. The van der Waals surface area contributed by atoms with E-state index in [9.17, 15) is 9.59 Å². The van der Waals surface area contributed by atoms with Gasteiger partial charge in [-0.15, -0.1) is 0 Å². The first kappa shape index (κ1) is 13.7. The number of hydrogen-bond donors (Lipinski definition) is 3. The summed E-state index contributed by atoms with van der Waals surface area (Å²) in [5.41, 5.74) is 1.71. The molecule has 2 amide bonds. The Morgan fingerprint density at radius 1 is 1.38 bits per heavy atom. The van der Waals surface area contributed by atoms with Crippen molar-refractivity contribution in [1.29, 1.82) is 0 Å². The summed E-state index contributed by atoms with van der Waals surface area (Å²) < 4.78 is 0. The molecule has 0 spiro atoms. The molecule has 1 aliphatic rings. The number of aromatic amines is 1. The van der Waals surface area contributed by atoms with Crippen molar-refractivity contribution in [3.8, 4) is 0 Å². The third kappa shape index (κ3) is 2.91. The molecule has 5 heteroatoms. The zero-order chi connectivity index (χ0) is 14.9. The van der Waals surface area contributed by atoms with Gasteiger partial charge in [-0.25, -0.2) is 0 Å². The van der Waals surface area contributed by atoms with Crippen molar-refractivity contribution in [1.82, 2.24) is 15.6 Å². The number of para-hydroxylation sites is 1. The van der Waals surface area contributed by atoms with E-state index in [1.54, 1.807) is 0 Å². The van der Waals surface area contributed by atoms with Crippen molar-refractivity contribution in [2.24, 2.45) is 0 Å². The van der Waals surface area contributed by atoms with E-state index in [-0.39, 0.29) is 17.4 Å². The molecule has 5 nitrogen and oxygen atoms in total. The van der Waals surface area contributed by atoms with Crippen LogP contribution < -0.4 is 10.6 Å². The molecule has 110 valence electrons. The molecule has 1 saturated heterocycles. The van der Waals surface area contributed by atoms with Crippen LogP contribution in [0.5, 0.6) is 0 Å². The monoisotopic (exact) mass is 285 g/mol. The molecule has 1 fully saturated rings. The van der Waals surface area contributed by atoms with E-state index in [2.05, 4.69) is 15.6 Å². The van der Waals surface area contributed by atoms with Gasteiger partial charge in [-0.2, -0.15) is 0 Å². The average Bonchev–Trinajstić information content (AvgIpc) is 3.02. The molecule has 1 aromatic carbocycles. The van der Waals surface area contributed by atoms with Gasteiger partial charge in [0.15, 0.2) is 0 Å². The zero-order valence-corrected chi connectivity index (χ0v) is 12.0. The largest absolute Gasteiger partial charge is 0.361 e. The highest BCUT2D eigenvalue weighted by molar-refractivity contribution is 5.89. The van der Waals surface area contributed by atoms with Gasteiger partial charge in [0.2, 0.25) is 11.8 Å². The Bertz CT molecular complexity index is 692. The van der Waals surface area contributed by atoms with Crippen LogP contribution >= 0.6 is 0 Å². The third-order valence-electron chi connectivity index (χ3n) is 4.05. The first-order valence-electron chi connectivity index (χ1n) is 7.18. The fourth-order valence-electron chi connectivity index (χ4n) is 2.79. The summed E-state index contributed by atoms with van der Waals surface area (Å²) in [4.78, 5) is 26.5. The van der Waals surface area contributed by atoms with Gasteiger partial charge in [-0.1, -0.05) is 18.2 Å². The number of amides is 2. The molecule has 2 aromatic rings. The number of rotatable bonds is 4. The summed E-state index contributed by atoms with van der Waals surface area (Å²) in [6.45, 7) is 2.43. The number of carbonyl (C=O) groups is 2. The Morgan fingerprint density at radius 2 is 2.19 bits per heavy atom. The van der Waals surface area contributed by atoms with Crippen molar-refractivity contribution in [3.63, 3.8) is 0 Å². The molecule has 0 aliphatic carbocycles. The average molecular weight is 285 g/mol. The first-order chi connectivity index (χ1) is 10.1. The smallest absolute Gasteiger partial charge is 0.224 e. The lowest BCUT2D eigenvalue weighted by molar-refractivity contribution is -0.122. The van der Waals surface area contributed by atoms with E-state index < -0.39 is 0 Å². The van der Waals surface area contributed by atoms with Gasteiger partial charge in [0.05, 0.1) is 12.0 Å². The summed E-state index contributed by atoms with van der Waals surface area (Å²) in [6.07, 6.45) is 3.52. The number of H-pyrrole nitrogens is 1. The highest BCUT2D eigenvalue weighted by atomic mass is 16.2. The molecule has 3 N–H and O–H groups in total. The SMILES string of the molecule is CC1(CNC(=O)Cc2c[nH]c3ccccc23)CCC(=O)N1. The standard InChI is InChI=1S/C16H19N3O2/c1-16(7-6-14(20)19-16)10-18-15(21)8-11-9-17-13-5-3-2-4-12(11)13/h2-5,9,17H,6-8,10H2,1H3,(H,18,21)(H,19,20). The Kier molecular flexibility index (Phi) is 3.41. The van der Waals surface area contributed by atoms with Gasteiger partial charge >= 0.3 is 0 Å². The Morgan fingerprint density at radius 3 is 2.95 bits per heavy atom. The van der Waals surface area contributed by atoms with Gasteiger partial charge in [0.1, 0.15) is 0 Å². The molecule has 0 saturated carbocycles. The van der Waals surface area contributed by atoms with Gasteiger partial charge in [-0.05, 0) is 25.0 Å². The molecule has 21 heavy (non-hydrogen) atoms. The van der Waals surface area contributed by atoms with E-state index in [4.69, 9.17) is 0 Å². The quantitative estimate of drug-likeness (QED) is 0.796.